The second-order valence-corrected chi connectivity index (χ2v) is 8.84. The molecule has 2 heterocycles. The smallest absolute Gasteiger partial charge is 0.249 e. The Morgan fingerprint density at radius 2 is 1.97 bits per heavy atom. The zero-order chi connectivity index (χ0) is 23.2. The number of anilines is 2. The van der Waals surface area contributed by atoms with Gasteiger partial charge in [-0.05, 0) is 49.0 Å². The van der Waals surface area contributed by atoms with Gasteiger partial charge >= 0.3 is 0 Å². The van der Waals surface area contributed by atoms with E-state index in [1.165, 1.54) is 18.0 Å². The van der Waals surface area contributed by atoms with Gasteiger partial charge in [0, 0.05) is 22.0 Å². The van der Waals surface area contributed by atoms with E-state index in [0.29, 0.717) is 34.6 Å². The lowest BCUT2D eigenvalue weighted by molar-refractivity contribution is 0.301. The summed E-state index contributed by atoms with van der Waals surface area (Å²) in [5.74, 6) is 0.789. The van der Waals surface area contributed by atoms with Crippen molar-refractivity contribution < 1.29 is 9.74 Å². The molecule has 0 aliphatic rings. The van der Waals surface area contributed by atoms with E-state index in [1.807, 2.05) is 49.2 Å². The number of halogens is 1. The van der Waals surface area contributed by atoms with Crippen LogP contribution in [-0.4, -0.2) is 43.6 Å². The largest absolute Gasteiger partial charge is 0.507 e. The minimum absolute atomic E-state index is 0.108. The van der Waals surface area contributed by atoms with Crippen molar-refractivity contribution in [2.45, 2.75) is 23.5 Å². The Hall–Kier alpha value is -3.51. The number of aromatic nitrogens is 5. The van der Waals surface area contributed by atoms with Crippen molar-refractivity contribution in [2.75, 3.05) is 17.4 Å². The van der Waals surface area contributed by atoms with Crippen molar-refractivity contribution in [3.05, 3.63) is 70.0 Å². The fourth-order valence-electron chi connectivity index (χ4n) is 2.68. The van der Waals surface area contributed by atoms with E-state index in [2.05, 4.69) is 51.7 Å². The molecule has 168 valence electrons. The molecule has 0 saturated carbocycles. The van der Waals surface area contributed by atoms with E-state index in [-0.39, 0.29) is 11.7 Å². The third-order valence-corrected chi connectivity index (χ3v) is 5.75. The van der Waals surface area contributed by atoms with Gasteiger partial charge in [0.1, 0.15) is 17.1 Å². The molecule has 2 N–H and O–H groups in total. The maximum atomic E-state index is 9.99. The van der Waals surface area contributed by atoms with Crippen LogP contribution in [-0.2, 0) is 6.54 Å². The number of phenols is 1. The molecular weight excluding hydrogens is 508 g/mol. The van der Waals surface area contributed by atoms with Crippen LogP contribution < -0.4 is 10.3 Å². The molecule has 4 rings (SSSR count). The number of rotatable bonds is 8. The Morgan fingerprint density at radius 3 is 2.73 bits per heavy atom. The van der Waals surface area contributed by atoms with E-state index in [0.717, 1.165) is 9.37 Å². The van der Waals surface area contributed by atoms with E-state index < -0.39 is 0 Å². The number of hydrogen-bond donors (Lipinski definition) is 2. The number of hydrogen-bond acceptors (Lipinski definition) is 11. The predicted molar refractivity (Wildman–Crippen MR) is 129 cm³/mol. The molecule has 0 bridgehead atoms. The number of hydrazone groups is 1. The Labute approximate surface area is 202 Å². The summed E-state index contributed by atoms with van der Waals surface area (Å²) in [6.07, 6.45) is 1.49. The van der Waals surface area contributed by atoms with E-state index in [9.17, 15) is 5.11 Å². The summed E-state index contributed by atoms with van der Waals surface area (Å²) in [6.45, 7) is 2.23. The third-order valence-electron chi connectivity index (χ3n) is 4.39. The molecule has 0 aliphatic heterocycles. The van der Waals surface area contributed by atoms with Crippen molar-refractivity contribution in [3.8, 4) is 5.75 Å². The van der Waals surface area contributed by atoms with Crippen LogP contribution >= 0.6 is 27.7 Å². The van der Waals surface area contributed by atoms with Crippen molar-refractivity contribution in [3.63, 3.8) is 0 Å². The van der Waals surface area contributed by atoms with Gasteiger partial charge in [0.25, 0.3) is 0 Å². The first-order chi connectivity index (χ1) is 16.0. The summed E-state index contributed by atoms with van der Waals surface area (Å²) >= 11 is 4.78. The molecule has 0 amide bonds. The molecule has 0 saturated heterocycles. The number of nitrogens with zero attached hydrogens (tertiary/aromatic N) is 7. The van der Waals surface area contributed by atoms with Crippen molar-refractivity contribution in [1.82, 2.24) is 25.3 Å². The minimum atomic E-state index is 0.108. The molecule has 0 radical (unpaired) electrons. The lowest BCUT2D eigenvalue weighted by atomic mass is 10.2. The van der Waals surface area contributed by atoms with Gasteiger partial charge in [-0.2, -0.15) is 20.1 Å². The highest BCUT2D eigenvalue weighted by atomic mass is 79.9. The highest BCUT2D eigenvalue weighted by molar-refractivity contribution is 9.10. The minimum Gasteiger partial charge on any atom is -0.507 e. The van der Waals surface area contributed by atoms with Crippen LogP contribution in [0.3, 0.4) is 0 Å². The van der Waals surface area contributed by atoms with E-state index in [4.69, 9.17) is 4.63 Å². The Bertz CT molecular complexity index is 1270. The number of aromatic hydroxyl groups is 1. The summed E-state index contributed by atoms with van der Waals surface area (Å²) in [6, 6.07) is 14.9. The van der Waals surface area contributed by atoms with E-state index >= 15 is 0 Å². The van der Waals surface area contributed by atoms with Crippen molar-refractivity contribution in [1.29, 1.82) is 0 Å². The summed E-state index contributed by atoms with van der Waals surface area (Å²) in [5, 5.41) is 22.4. The molecule has 12 heteroatoms. The monoisotopic (exact) mass is 526 g/mol. The maximum Gasteiger partial charge on any atom is 0.249 e. The summed E-state index contributed by atoms with van der Waals surface area (Å²) in [5.41, 5.74) is 4.75. The lowest BCUT2D eigenvalue weighted by Crippen LogP contribution is -2.21. The average Bonchev–Trinajstić information content (AvgIpc) is 3.21. The summed E-state index contributed by atoms with van der Waals surface area (Å²) < 4.78 is 5.61. The molecular formula is C21H19BrN8O2S. The third kappa shape index (κ3) is 6.05. The number of benzene rings is 2. The summed E-state index contributed by atoms with van der Waals surface area (Å²) in [7, 11) is 1.84. The molecule has 10 nitrogen and oxygen atoms in total. The van der Waals surface area contributed by atoms with Crippen molar-refractivity contribution >= 4 is 45.8 Å². The molecule has 2 aromatic carbocycles. The molecule has 4 aromatic rings. The lowest BCUT2D eigenvalue weighted by Gasteiger charge is -2.16. The van der Waals surface area contributed by atoms with Crippen LogP contribution in [0.25, 0.3) is 0 Å². The zero-order valence-corrected chi connectivity index (χ0v) is 20.1. The van der Waals surface area contributed by atoms with Crippen LogP contribution in [0.1, 0.15) is 17.0 Å². The van der Waals surface area contributed by atoms with Gasteiger partial charge in [0.05, 0.1) is 12.8 Å². The van der Waals surface area contributed by atoms with Crippen LogP contribution in [0.15, 0.2) is 72.8 Å². The SMILES string of the molecule is Cc1nonc1CN(C)c1nc(N/N=C\c2cc(Br)ccc2O)nc(Sc2ccccc2)n1. The zero-order valence-electron chi connectivity index (χ0n) is 17.7. The number of phenolic OH excluding ortho intramolecular Hbond substituents is 1. The molecule has 0 atom stereocenters. The quantitative estimate of drug-likeness (QED) is 0.254. The van der Waals surface area contributed by atoms with Gasteiger partial charge < -0.3 is 10.0 Å². The predicted octanol–water partition coefficient (Wildman–Crippen LogP) is 4.26. The number of aryl methyl sites for hydroxylation is 1. The maximum absolute atomic E-state index is 9.99. The Balaban J connectivity index is 1.59. The van der Waals surface area contributed by atoms with Crippen LogP contribution in [0, 0.1) is 6.92 Å². The van der Waals surface area contributed by atoms with Gasteiger partial charge in [-0.25, -0.2) is 10.1 Å². The Kier molecular flexibility index (Phi) is 7.15. The second-order valence-electron chi connectivity index (χ2n) is 6.88. The topological polar surface area (TPSA) is 125 Å². The van der Waals surface area contributed by atoms with Crippen LogP contribution in [0.2, 0.25) is 0 Å². The van der Waals surface area contributed by atoms with Gasteiger partial charge in [0.2, 0.25) is 11.9 Å². The molecule has 0 unspecified atom stereocenters. The van der Waals surface area contributed by atoms with Gasteiger partial charge in [0.15, 0.2) is 5.16 Å². The first-order valence-corrected chi connectivity index (χ1v) is 11.3. The van der Waals surface area contributed by atoms with Crippen LogP contribution in [0.4, 0.5) is 11.9 Å². The molecule has 33 heavy (non-hydrogen) atoms. The molecule has 0 spiro atoms. The number of nitrogens with one attached hydrogen (secondary N) is 1. The second kappa shape index (κ2) is 10.4. The fourth-order valence-corrected chi connectivity index (χ4v) is 3.83. The fraction of sp³-hybridized carbons (Fsp3) is 0.143. The Morgan fingerprint density at radius 1 is 1.15 bits per heavy atom. The summed E-state index contributed by atoms with van der Waals surface area (Å²) in [4.78, 5) is 16.3. The van der Waals surface area contributed by atoms with Gasteiger partial charge in [-0.3, -0.25) is 0 Å². The average molecular weight is 527 g/mol. The van der Waals surface area contributed by atoms with Crippen molar-refractivity contribution in [2.24, 2.45) is 5.10 Å². The highest BCUT2D eigenvalue weighted by Crippen LogP contribution is 2.26. The first kappa shape index (κ1) is 22.7. The van der Waals surface area contributed by atoms with E-state index in [1.54, 1.807) is 18.2 Å². The molecule has 0 aliphatic carbocycles. The highest BCUT2D eigenvalue weighted by Gasteiger charge is 2.15. The normalized spacial score (nSPS) is 11.1. The molecule has 2 aromatic heterocycles. The molecule has 0 fully saturated rings. The van der Waals surface area contributed by atoms with Crippen LogP contribution in [0.5, 0.6) is 5.75 Å². The van der Waals surface area contributed by atoms with Gasteiger partial charge in [-0.15, -0.1) is 0 Å². The standard InChI is InChI=1S/C21H19BrN8O2S/c1-13-17(29-32-28-13)12-30(2)20-24-19(25-21(26-20)33-16-6-4-3-5-7-16)27-23-11-14-10-15(22)8-9-18(14)31/h3-11,31H,12H2,1-2H3,(H,24,25,26,27)/b23-11-. The first-order valence-electron chi connectivity index (χ1n) is 9.73. The van der Waals surface area contributed by atoms with Gasteiger partial charge in [-0.1, -0.05) is 44.4 Å².